The molecule has 0 radical (unpaired) electrons. The number of hydrogen-bond acceptors (Lipinski definition) is 7. The summed E-state index contributed by atoms with van der Waals surface area (Å²) >= 11 is 1.75. The summed E-state index contributed by atoms with van der Waals surface area (Å²) in [4.78, 5) is 12.0. The van der Waals surface area contributed by atoms with E-state index in [2.05, 4.69) is 30.2 Å². The van der Waals surface area contributed by atoms with E-state index >= 15 is 0 Å². The normalized spacial score (nSPS) is 21.5. The second kappa shape index (κ2) is 7.21. The molecule has 7 heteroatoms. The molecule has 0 saturated carbocycles. The van der Waals surface area contributed by atoms with Crippen LogP contribution < -0.4 is 4.90 Å². The van der Waals surface area contributed by atoms with Crippen molar-refractivity contribution in [2.24, 2.45) is 0 Å². The zero-order valence-electron chi connectivity index (χ0n) is 14.2. The van der Waals surface area contributed by atoms with Crippen LogP contribution in [0.25, 0.3) is 0 Å². The van der Waals surface area contributed by atoms with Crippen LogP contribution in [0.5, 0.6) is 0 Å². The second-order valence-corrected chi connectivity index (χ2v) is 7.65. The maximum atomic E-state index is 5.34. The van der Waals surface area contributed by atoms with Gasteiger partial charge in [-0.15, -0.1) is 11.3 Å². The van der Waals surface area contributed by atoms with Gasteiger partial charge in [0.1, 0.15) is 0 Å². The van der Waals surface area contributed by atoms with E-state index < -0.39 is 0 Å². The van der Waals surface area contributed by atoms with Gasteiger partial charge in [-0.2, -0.15) is 0 Å². The molecule has 0 unspecified atom stereocenters. The van der Waals surface area contributed by atoms with E-state index in [1.807, 2.05) is 19.2 Å². The Hall–Kier alpha value is -1.44. The van der Waals surface area contributed by atoms with Crippen molar-refractivity contribution in [2.75, 3.05) is 44.2 Å². The van der Waals surface area contributed by atoms with Gasteiger partial charge >= 0.3 is 0 Å². The molecule has 2 fully saturated rings. The molecule has 4 heterocycles. The first-order valence-electron chi connectivity index (χ1n) is 8.81. The van der Waals surface area contributed by atoms with E-state index in [0.29, 0.717) is 0 Å². The third kappa shape index (κ3) is 3.63. The number of aromatic nitrogens is 2. The van der Waals surface area contributed by atoms with E-state index in [0.717, 1.165) is 63.3 Å². The number of thiazole rings is 1. The molecule has 0 atom stereocenters. The number of aryl methyl sites for hydroxylation is 1. The molecule has 2 aliphatic rings. The lowest BCUT2D eigenvalue weighted by molar-refractivity contribution is 0.0764. The largest absolute Gasteiger partial charge is 0.360 e. The van der Waals surface area contributed by atoms with Crippen LogP contribution in [0.1, 0.15) is 24.3 Å². The SMILES string of the molecule is Cc1cc(CN2CCN(C3CCN(c4nccs4)CC3)CC2)on1. The van der Waals surface area contributed by atoms with Crippen LogP contribution in [-0.2, 0) is 6.54 Å². The summed E-state index contributed by atoms with van der Waals surface area (Å²) in [5.74, 6) is 0.984. The highest BCUT2D eigenvalue weighted by molar-refractivity contribution is 7.13. The van der Waals surface area contributed by atoms with Crippen molar-refractivity contribution in [1.29, 1.82) is 0 Å². The second-order valence-electron chi connectivity index (χ2n) is 6.78. The van der Waals surface area contributed by atoms with Crippen LogP contribution in [0, 0.1) is 6.92 Å². The van der Waals surface area contributed by atoms with Crippen LogP contribution in [0.3, 0.4) is 0 Å². The Labute approximate surface area is 147 Å². The zero-order chi connectivity index (χ0) is 16.4. The van der Waals surface area contributed by atoms with E-state index in [1.54, 1.807) is 11.3 Å². The average molecular weight is 347 g/mol. The van der Waals surface area contributed by atoms with Crippen LogP contribution in [0.2, 0.25) is 0 Å². The Balaban J connectivity index is 1.23. The van der Waals surface area contributed by atoms with Gasteiger partial charge < -0.3 is 9.42 Å². The van der Waals surface area contributed by atoms with E-state index in [4.69, 9.17) is 4.52 Å². The smallest absolute Gasteiger partial charge is 0.185 e. The van der Waals surface area contributed by atoms with Crippen molar-refractivity contribution in [3.8, 4) is 0 Å². The molecule has 0 aromatic carbocycles. The van der Waals surface area contributed by atoms with Crippen LogP contribution >= 0.6 is 11.3 Å². The van der Waals surface area contributed by atoms with E-state index in [1.165, 1.54) is 18.0 Å². The molecule has 130 valence electrons. The van der Waals surface area contributed by atoms with Gasteiger partial charge in [0.25, 0.3) is 0 Å². The Bertz CT molecular complexity index is 627. The van der Waals surface area contributed by atoms with Crippen molar-refractivity contribution in [2.45, 2.75) is 32.4 Å². The maximum absolute atomic E-state index is 5.34. The number of nitrogens with zero attached hydrogens (tertiary/aromatic N) is 5. The molecular formula is C17H25N5OS. The van der Waals surface area contributed by atoms with Gasteiger partial charge in [0.2, 0.25) is 0 Å². The monoisotopic (exact) mass is 347 g/mol. The van der Waals surface area contributed by atoms with Crippen molar-refractivity contribution in [3.05, 3.63) is 29.1 Å². The molecule has 2 aliphatic heterocycles. The summed E-state index contributed by atoms with van der Waals surface area (Å²) in [6, 6.07) is 2.77. The van der Waals surface area contributed by atoms with Gasteiger partial charge in [0.15, 0.2) is 10.9 Å². The first kappa shape index (κ1) is 16.1. The highest BCUT2D eigenvalue weighted by Crippen LogP contribution is 2.25. The molecule has 2 aromatic rings. The molecule has 2 aromatic heterocycles. The third-order valence-electron chi connectivity index (χ3n) is 5.13. The van der Waals surface area contributed by atoms with E-state index in [9.17, 15) is 0 Å². The number of hydrogen-bond donors (Lipinski definition) is 0. The maximum Gasteiger partial charge on any atom is 0.185 e. The Morgan fingerprint density at radius 2 is 1.96 bits per heavy atom. The molecular weight excluding hydrogens is 322 g/mol. The first-order chi connectivity index (χ1) is 11.8. The molecule has 2 saturated heterocycles. The number of anilines is 1. The summed E-state index contributed by atoms with van der Waals surface area (Å²) < 4.78 is 5.34. The van der Waals surface area contributed by atoms with E-state index in [-0.39, 0.29) is 0 Å². The Morgan fingerprint density at radius 1 is 1.17 bits per heavy atom. The molecule has 6 nitrogen and oxygen atoms in total. The minimum absolute atomic E-state index is 0.732. The molecule has 24 heavy (non-hydrogen) atoms. The predicted octanol–water partition coefficient (Wildman–Crippen LogP) is 2.23. The minimum Gasteiger partial charge on any atom is -0.360 e. The van der Waals surface area contributed by atoms with Crippen molar-refractivity contribution < 1.29 is 4.52 Å². The van der Waals surface area contributed by atoms with Crippen LogP contribution in [-0.4, -0.2) is 65.3 Å². The fourth-order valence-electron chi connectivity index (χ4n) is 3.79. The summed E-state index contributed by atoms with van der Waals surface area (Å²) in [6.07, 6.45) is 4.41. The van der Waals surface area contributed by atoms with Gasteiger partial charge in [-0.1, -0.05) is 5.16 Å². The fourth-order valence-corrected chi connectivity index (χ4v) is 4.49. The van der Waals surface area contributed by atoms with Crippen LogP contribution in [0.4, 0.5) is 5.13 Å². The zero-order valence-corrected chi connectivity index (χ0v) is 15.0. The first-order valence-corrected chi connectivity index (χ1v) is 9.69. The highest BCUT2D eigenvalue weighted by atomic mass is 32.1. The average Bonchev–Trinajstić information content (AvgIpc) is 3.28. The van der Waals surface area contributed by atoms with Crippen molar-refractivity contribution in [1.82, 2.24) is 19.9 Å². The van der Waals surface area contributed by atoms with Crippen molar-refractivity contribution >= 4 is 16.5 Å². The molecule has 0 amide bonds. The Kier molecular flexibility index (Phi) is 4.82. The van der Waals surface area contributed by atoms with Crippen LogP contribution in [0.15, 0.2) is 22.2 Å². The van der Waals surface area contributed by atoms with Gasteiger partial charge in [0, 0.05) is 63.0 Å². The molecule has 0 aliphatic carbocycles. The standard InChI is InChI=1S/C17H25N5OS/c1-14-12-16(23-19-14)13-20-7-9-21(10-8-20)15-2-5-22(6-3-15)17-18-4-11-24-17/h4,11-12,15H,2-3,5-10,13H2,1H3. The number of rotatable bonds is 4. The quantitative estimate of drug-likeness (QED) is 0.845. The fraction of sp³-hybridized carbons (Fsp3) is 0.647. The summed E-state index contributed by atoms with van der Waals surface area (Å²) in [5, 5.41) is 7.22. The lowest BCUT2D eigenvalue weighted by atomic mass is 10.0. The summed E-state index contributed by atoms with van der Waals surface area (Å²) in [7, 11) is 0. The molecule has 4 rings (SSSR count). The van der Waals surface area contributed by atoms with Gasteiger partial charge in [-0.05, 0) is 19.8 Å². The van der Waals surface area contributed by atoms with Gasteiger partial charge in [0.05, 0.1) is 12.2 Å². The summed E-state index contributed by atoms with van der Waals surface area (Å²) in [6.45, 7) is 9.69. The predicted molar refractivity (Wildman–Crippen MR) is 95.4 cm³/mol. The molecule has 0 spiro atoms. The topological polar surface area (TPSA) is 48.6 Å². The van der Waals surface area contributed by atoms with Gasteiger partial charge in [-0.3, -0.25) is 9.80 Å². The number of piperazine rings is 1. The minimum atomic E-state index is 0.732. The third-order valence-corrected chi connectivity index (χ3v) is 5.97. The highest BCUT2D eigenvalue weighted by Gasteiger charge is 2.28. The molecule has 0 N–H and O–H groups in total. The summed E-state index contributed by atoms with van der Waals surface area (Å²) in [5.41, 5.74) is 0.968. The lowest BCUT2D eigenvalue weighted by Crippen LogP contribution is -2.53. The Morgan fingerprint density at radius 3 is 2.58 bits per heavy atom. The number of piperidine rings is 1. The lowest BCUT2D eigenvalue weighted by Gasteiger charge is -2.42. The molecule has 0 bridgehead atoms. The van der Waals surface area contributed by atoms with Crippen molar-refractivity contribution in [3.63, 3.8) is 0 Å². The van der Waals surface area contributed by atoms with Gasteiger partial charge in [-0.25, -0.2) is 4.98 Å².